The van der Waals surface area contributed by atoms with E-state index in [0.29, 0.717) is 11.5 Å². The molecule has 0 aromatic heterocycles. The van der Waals surface area contributed by atoms with Crippen molar-refractivity contribution in [1.82, 2.24) is 0 Å². The van der Waals surface area contributed by atoms with Crippen molar-refractivity contribution < 1.29 is 9.90 Å². The van der Waals surface area contributed by atoms with Crippen LogP contribution in [0.3, 0.4) is 0 Å². The molecule has 2 rings (SSSR count). The molecule has 1 saturated carbocycles. The molecule has 94 valence electrons. The number of nitriles is 1. The van der Waals surface area contributed by atoms with Gasteiger partial charge in [0.15, 0.2) is 0 Å². The molecule has 1 aliphatic carbocycles. The van der Waals surface area contributed by atoms with Gasteiger partial charge >= 0.3 is 5.97 Å². The van der Waals surface area contributed by atoms with Crippen molar-refractivity contribution in [1.29, 1.82) is 5.26 Å². The van der Waals surface area contributed by atoms with Crippen molar-refractivity contribution in [3.63, 3.8) is 0 Å². The minimum Gasteiger partial charge on any atom is -0.478 e. The zero-order valence-corrected chi connectivity index (χ0v) is 10.6. The number of anilines is 1. The van der Waals surface area contributed by atoms with E-state index >= 15 is 0 Å². The number of benzene rings is 1. The lowest BCUT2D eigenvalue weighted by Gasteiger charge is -2.20. The molecular weight excluding hydrogens is 228 g/mol. The normalized spacial score (nSPS) is 21.2. The molecule has 1 aromatic carbocycles. The average molecular weight is 244 g/mol. The number of aromatic carboxylic acids is 1. The first kappa shape index (κ1) is 12.4. The van der Waals surface area contributed by atoms with Crippen LogP contribution in [0.1, 0.15) is 29.3 Å². The van der Waals surface area contributed by atoms with E-state index in [0.717, 1.165) is 18.2 Å². The Morgan fingerprint density at radius 2 is 2.28 bits per heavy atom. The molecule has 0 amide bonds. The van der Waals surface area contributed by atoms with Crippen LogP contribution in [0.5, 0.6) is 0 Å². The van der Waals surface area contributed by atoms with Gasteiger partial charge in [0.1, 0.15) is 6.07 Å². The highest BCUT2D eigenvalue weighted by atomic mass is 16.4. The first-order valence-corrected chi connectivity index (χ1v) is 6.01. The third kappa shape index (κ3) is 2.45. The highest BCUT2D eigenvalue weighted by molar-refractivity contribution is 5.89. The fraction of sp³-hybridized carbons (Fsp3) is 0.429. The number of hydrogen-bond acceptors (Lipinski definition) is 3. The lowest BCUT2D eigenvalue weighted by molar-refractivity contribution is 0.0697. The van der Waals surface area contributed by atoms with Gasteiger partial charge in [-0.3, -0.25) is 0 Å². The minimum absolute atomic E-state index is 0.156. The Balaban J connectivity index is 2.21. The highest BCUT2D eigenvalue weighted by Crippen LogP contribution is 2.39. The van der Waals surface area contributed by atoms with Gasteiger partial charge in [0.25, 0.3) is 0 Å². The Morgan fingerprint density at radius 1 is 1.61 bits per heavy atom. The molecule has 4 heteroatoms. The number of nitrogens with zero attached hydrogens (tertiary/aromatic N) is 2. The van der Waals surface area contributed by atoms with Crippen LogP contribution in [-0.2, 0) is 0 Å². The van der Waals surface area contributed by atoms with Gasteiger partial charge in [0.05, 0.1) is 16.8 Å². The monoisotopic (exact) mass is 244 g/mol. The molecule has 0 bridgehead atoms. The fourth-order valence-electron chi connectivity index (χ4n) is 2.20. The van der Waals surface area contributed by atoms with Gasteiger partial charge in [0, 0.05) is 13.6 Å². The van der Waals surface area contributed by atoms with Gasteiger partial charge in [-0.1, -0.05) is 6.92 Å². The summed E-state index contributed by atoms with van der Waals surface area (Å²) in [7, 11) is 1.95. The number of carbonyl (C=O) groups is 1. The summed E-state index contributed by atoms with van der Waals surface area (Å²) in [6.45, 7) is 3.14. The maximum Gasteiger partial charge on any atom is 0.335 e. The second kappa shape index (κ2) is 4.69. The van der Waals surface area contributed by atoms with Crippen LogP contribution >= 0.6 is 0 Å². The first-order valence-electron chi connectivity index (χ1n) is 6.01. The number of hydrogen-bond donors (Lipinski definition) is 1. The highest BCUT2D eigenvalue weighted by Gasteiger charge is 2.33. The van der Waals surface area contributed by atoms with Crippen LogP contribution in [-0.4, -0.2) is 24.7 Å². The van der Waals surface area contributed by atoms with E-state index in [1.807, 2.05) is 11.9 Å². The van der Waals surface area contributed by atoms with E-state index in [2.05, 4.69) is 13.0 Å². The molecule has 0 saturated heterocycles. The summed E-state index contributed by atoms with van der Waals surface area (Å²) in [6.07, 6.45) is 1.24. The van der Waals surface area contributed by atoms with Crippen LogP contribution < -0.4 is 4.90 Å². The second-order valence-corrected chi connectivity index (χ2v) is 5.00. The van der Waals surface area contributed by atoms with Crippen molar-refractivity contribution >= 4 is 11.7 Å². The quantitative estimate of drug-likeness (QED) is 0.883. The molecule has 2 unspecified atom stereocenters. The Labute approximate surface area is 106 Å². The summed E-state index contributed by atoms with van der Waals surface area (Å²) in [5.41, 5.74) is 1.38. The zero-order chi connectivity index (χ0) is 13.3. The van der Waals surface area contributed by atoms with Gasteiger partial charge in [-0.25, -0.2) is 4.79 Å². The Kier molecular flexibility index (Phi) is 3.24. The summed E-state index contributed by atoms with van der Waals surface area (Å²) in [5.74, 6) is 0.452. The van der Waals surface area contributed by atoms with Crippen molar-refractivity contribution in [2.24, 2.45) is 11.8 Å². The summed E-state index contributed by atoms with van der Waals surface area (Å²) in [6, 6.07) is 6.77. The lowest BCUT2D eigenvalue weighted by Crippen LogP contribution is -2.21. The van der Waals surface area contributed by atoms with Crippen molar-refractivity contribution in [2.75, 3.05) is 18.5 Å². The lowest BCUT2D eigenvalue weighted by atomic mass is 10.1. The SMILES string of the molecule is CC1CC1CN(C)c1ccc(C(=O)O)cc1C#N. The molecule has 1 fully saturated rings. The molecule has 0 heterocycles. The molecule has 2 atom stereocenters. The van der Waals surface area contributed by atoms with E-state index in [-0.39, 0.29) is 5.56 Å². The topological polar surface area (TPSA) is 64.3 Å². The summed E-state index contributed by atoms with van der Waals surface area (Å²) >= 11 is 0. The minimum atomic E-state index is -1.00. The van der Waals surface area contributed by atoms with Crippen LogP contribution in [0.4, 0.5) is 5.69 Å². The maximum atomic E-state index is 10.9. The predicted octanol–water partition coefficient (Wildman–Crippen LogP) is 2.35. The third-order valence-electron chi connectivity index (χ3n) is 3.56. The number of carboxylic acid groups (broad SMARTS) is 1. The van der Waals surface area contributed by atoms with Crippen LogP contribution in [0.25, 0.3) is 0 Å². The Hall–Kier alpha value is -2.02. The zero-order valence-electron chi connectivity index (χ0n) is 10.6. The Morgan fingerprint density at radius 3 is 2.78 bits per heavy atom. The standard InChI is InChI=1S/C14H16N2O2/c1-9-5-12(9)8-16(2)13-4-3-10(14(17)18)6-11(13)7-15/h3-4,6,9,12H,5,8H2,1-2H3,(H,17,18). The second-order valence-electron chi connectivity index (χ2n) is 5.00. The van der Waals surface area contributed by atoms with Gasteiger partial charge < -0.3 is 10.0 Å². The molecular formula is C14H16N2O2. The van der Waals surface area contributed by atoms with E-state index < -0.39 is 5.97 Å². The van der Waals surface area contributed by atoms with Crippen molar-refractivity contribution in [3.05, 3.63) is 29.3 Å². The van der Waals surface area contributed by atoms with Crippen LogP contribution in [0, 0.1) is 23.2 Å². The molecule has 0 spiro atoms. The summed E-state index contributed by atoms with van der Waals surface area (Å²) < 4.78 is 0. The number of carboxylic acids is 1. The maximum absolute atomic E-state index is 10.9. The van der Waals surface area contributed by atoms with Gasteiger partial charge in [0.2, 0.25) is 0 Å². The molecule has 0 radical (unpaired) electrons. The average Bonchev–Trinajstić information content (AvgIpc) is 3.03. The molecule has 0 aliphatic heterocycles. The van der Waals surface area contributed by atoms with Crippen molar-refractivity contribution in [3.8, 4) is 6.07 Å². The molecule has 1 aromatic rings. The van der Waals surface area contributed by atoms with E-state index in [9.17, 15) is 4.79 Å². The third-order valence-corrected chi connectivity index (χ3v) is 3.56. The van der Waals surface area contributed by atoms with Gasteiger partial charge in [-0.05, 0) is 36.5 Å². The summed E-state index contributed by atoms with van der Waals surface area (Å²) in [5, 5.41) is 18.0. The molecule has 1 aliphatic rings. The summed E-state index contributed by atoms with van der Waals surface area (Å²) in [4.78, 5) is 12.9. The molecule has 18 heavy (non-hydrogen) atoms. The smallest absolute Gasteiger partial charge is 0.335 e. The largest absolute Gasteiger partial charge is 0.478 e. The van der Waals surface area contributed by atoms with E-state index in [1.165, 1.54) is 12.5 Å². The number of rotatable bonds is 4. The first-order chi connectivity index (χ1) is 8.52. The van der Waals surface area contributed by atoms with Gasteiger partial charge in [-0.2, -0.15) is 5.26 Å². The van der Waals surface area contributed by atoms with Crippen molar-refractivity contribution in [2.45, 2.75) is 13.3 Å². The molecule has 4 nitrogen and oxygen atoms in total. The predicted molar refractivity (Wildman–Crippen MR) is 68.7 cm³/mol. The van der Waals surface area contributed by atoms with E-state index in [1.54, 1.807) is 12.1 Å². The van der Waals surface area contributed by atoms with Crippen LogP contribution in [0.15, 0.2) is 18.2 Å². The molecule has 1 N–H and O–H groups in total. The van der Waals surface area contributed by atoms with E-state index in [4.69, 9.17) is 10.4 Å². The van der Waals surface area contributed by atoms with Crippen LogP contribution in [0.2, 0.25) is 0 Å². The Bertz CT molecular complexity index is 519. The fourth-order valence-corrected chi connectivity index (χ4v) is 2.20. The van der Waals surface area contributed by atoms with Gasteiger partial charge in [-0.15, -0.1) is 0 Å².